The van der Waals surface area contributed by atoms with Crippen molar-refractivity contribution in [1.29, 1.82) is 0 Å². The van der Waals surface area contributed by atoms with Crippen molar-refractivity contribution < 1.29 is 9.15 Å². The topological polar surface area (TPSA) is 48.4 Å². The standard InChI is InChI=1S/C9H13NO2/c1-11-5-6-2-3-12-9(6)7-4-8(7)10/h2-3,7-8H,4-5,10H2,1H3/t7-,8-/m1/s1. The molecule has 12 heavy (non-hydrogen) atoms. The first-order chi connectivity index (χ1) is 5.83. The summed E-state index contributed by atoms with van der Waals surface area (Å²) in [5.41, 5.74) is 6.86. The molecule has 1 aromatic heterocycles. The Bertz CT molecular complexity index is 269. The molecule has 1 aliphatic carbocycles. The highest BCUT2D eigenvalue weighted by Crippen LogP contribution is 2.41. The first kappa shape index (κ1) is 7.83. The highest BCUT2D eigenvalue weighted by molar-refractivity contribution is 5.26. The molecule has 1 fully saturated rings. The van der Waals surface area contributed by atoms with Crippen LogP contribution in [0.3, 0.4) is 0 Å². The molecule has 2 rings (SSSR count). The molecule has 2 atom stereocenters. The van der Waals surface area contributed by atoms with E-state index in [-0.39, 0.29) is 0 Å². The summed E-state index contributed by atoms with van der Waals surface area (Å²) in [6, 6.07) is 2.25. The van der Waals surface area contributed by atoms with E-state index in [0.29, 0.717) is 18.6 Å². The van der Waals surface area contributed by atoms with Crippen LogP contribution in [0.5, 0.6) is 0 Å². The predicted octanol–water partition coefficient (Wildman–Crippen LogP) is 1.24. The van der Waals surface area contributed by atoms with E-state index < -0.39 is 0 Å². The minimum atomic E-state index is 0.298. The third-order valence-electron chi connectivity index (χ3n) is 2.26. The molecule has 0 bridgehead atoms. The molecule has 3 nitrogen and oxygen atoms in total. The Hall–Kier alpha value is -0.800. The Morgan fingerprint density at radius 1 is 1.75 bits per heavy atom. The van der Waals surface area contributed by atoms with Gasteiger partial charge in [-0.2, -0.15) is 0 Å². The predicted molar refractivity (Wildman–Crippen MR) is 44.8 cm³/mol. The van der Waals surface area contributed by atoms with Gasteiger partial charge in [0.1, 0.15) is 5.76 Å². The van der Waals surface area contributed by atoms with Crippen LogP contribution >= 0.6 is 0 Å². The number of rotatable bonds is 3. The molecule has 0 aromatic carbocycles. The van der Waals surface area contributed by atoms with Gasteiger partial charge in [-0.05, 0) is 12.5 Å². The fraction of sp³-hybridized carbons (Fsp3) is 0.556. The van der Waals surface area contributed by atoms with Crippen LogP contribution in [0.15, 0.2) is 16.7 Å². The maximum Gasteiger partial charge on any atom is 0.113 e. The van der Waals surface area contributed by atoms with Crippen molar-refractivity contribution in [3.8, 4) is 0 Å². The zero-order valence-electron chi connectivity index (χ0n) is 7.12. The molecular formula is C9H13NO2. The lowest BCUT2D eigenvalue weighted by atomic mass is 10.2. The molecule has 0 unspecified atom stereocenters. The number of furan rings is 1. The van der Waals surface area contributed by atoms with Crippen molar-refractivity contribution in [3.63, 3.8) is 0 Å². The monoisotopic (exact) mass is 167 g/mol. The molecule has 1 aliphatic rings. The van der Waals surface area contributed by atoms with Gasteiger partial charge in [-0.25, -0.2) is 0 Å². The van der Waals surface area contributed by atoms with Crippen LogP contribution in [-0.2, 0) is 11.3 Å². The van der Waals surface area contributed by atoms with Crippen molar-refractivity contribution in [2.24, 2.45) is 5.73 Å². The van der Waals surface area contributed by atoms with E-state index in [1.807, 2.05) is 6.07 Å². The summed E-state index contributed by atoms with van der Waals surface area (Å²) in [5.74, 6) is 1.45. The van der Waals surface area contributed by atoms with Crippen LogP contribution < -0.4 is 5.73 Å². The SMILES string of the molecule is COCc1ccoc1[C@@H]1C[C@H]1N. The largest absolute Gasteiger partial charge is 0.469 e. The molecular weight excluding hydrogens is 154 g/mol. The number of nitrogens with two attached hydrogens (primary N) is 1. The van der Waals surface area contributed by atoms with Gasteiger partial charge in [0.05, 0.1) is 12.9 Å². The summed E-state index contributed by atoms with van der Waals surface area (Å²) in [5, 5.41) is 0. The smallest absolute Gasteiger partial charge is 0.113 e. The minimum absolute atomic E-state index is 0.298. The van der Waals surface area contributed by atoms with E-state index in [0.717, 1.165) is 17.7 Å². The summed E-state index contributed by atoms with van der Waals surface area (Å²) in [6.45, 7) is 0.620. The summed E-state index contributed by atoms with van der Waals surface area (Å²) < 4.78 is 10.4. The summed E-state index contributed by atoms with van der Waals surface area (Å²) in [7, 11) is 1.68. The lowest BCUT2D eigenvalue weighted by Gasteiger charge is -1.98. The zero-order valence-corrected chi connectivity index (χ0v) is 7.12. The van der Waals surface area contributed by atoms with E-state index in [1.54, 1.807) is 13.4 Å². The van der Waals surface area contributed by atoms with Crippen LogP contribution in [0.1, 0.15) is 23.7 Å². The summed E-state index contributed by atoms with van der Waals surface area (Å²) in [6.07, 6.45) is 2.75. The van der Waals surface area contributed by atoms with Gasteiger partial charge in [0.25, 0.3) is 0 Å². The number of hydrogen-bond donors (Lipinski definition) is 1. The molecule has 0 saturated heterocycles. The Morgan fingerprint density at radius 3 is 3.08 bits per heavy atom. The van der Waals surface area contributed by atoms with Gasteiger partial charge in [-0.15, -0.1) is 0 Å². The number of methoxy groups -OCH3 is 1. The lowest BCUT2D eigenvalue weighted by molar-refractivity contribution is 0.183. The van der Waals surface area contributed by atoms with Crippen LogP contribution in [0.25, 0.3) is 0 Å². The molecule has 1 saturated carbocycles. The summed E-state index contributed by atoms with van der Waals surface area (Å²) >= 11 is 0. The van der Waals surface area contributed by atoms with Crippen LogP contribution in [0, 0.1) is 0 Å². The van der Waals surface area contributed by atoms with E-state index in [1.165, 1.54) is 0 Å². The maximum absolute atomic E-state index is 5.72. The normalized spacial score (nSPS) is 27.5. The summed E-state index contributed by atoms with van der Waals surface area (Å²) in [4.78, 5) is 0. The molecule has 2 N–H and O–H groups in total. The minimum Gasteiger partial charge on any atom is -0.469 e. The van der Waals surface area contributed by atoms with Gasteiger partial charge >= 0.3 is 0 Å². The molecule has 0 amide bonds. The van der Waals surface area contributed by atoms with E-state index >= 15 is 0 Å². The molecule has 3 heteroatoms. The Morgan fingerprint density at radius 2 is 2.50 bits per heavy atom. The second-order valence-electron chi connectivity index (χ2n) is 3.25. The second kappa shape index (κ2) is 2.92. The average Bonchev–Trinajstić information content (AvgIpc) is 2.62. The van der Waals surface area contributed by atoms with Gasteiger partial charge in [0.15, 0.2) is 0 Å². The van der Waals surface area contributed by atoms with Crippen LogP contribution in [0.2, 0.25) is 0 Å². The fourth-order valence-corrected chi connectivity index (χ4v) is 1.46. The molecule has 66 valence electrons. The fourth-order valence-electron chi connectivity index (χ4n) is 1.46. The Labute approximate surface area is 71.5 Å². The maximum atomic E-state index is 5.72. The number of ether oxygens (including phenoxy) is 1. The van der Waals surface area contributed by atoms with Gasteiger partial charge in [-0.1, -0.05) is 0 Å². The van der Waals surface area contributed by atoms with E-state index in [9.17, 15) is 0 Å². The average molecular weight is 167 g/mol. The van der Waals surface area contributed by atoms with Gasteiger partial charge < -0.3 is 14.9 Å². The van der Waals surface area contributed by atoms with Crippen molar-refractivity contribution in [2.45, 2.75) is 25.0 Å². The lowest BCUT2D eigenvalue weighted by Crippen LogP contribution is -2.01. The molecule has 0 spiro atoms. The highest BCUT2D eigenvalue weighted by Gasteiger charge is 2.38. The highest BCUT2D eigenvalue weighted by atomic mass is 16.5. The van der Waals surface area contributed by atoms with Gasteiger partial charge in [-0.3, -0.25) is 0 Å². The third-order valence-corrected chi connectivity index (χ3v) is 2.26. The van der Waals surface area contributed by atoms with Crippen molar-refractivity contribution in [1.82, 2.24) is 0 Å². The Kier molecular flexibility index (Phi) is 1.90. The molecule has 0 radical (unpaired) electrons. The van der Waals surface area contributed by atoms with E-state index in [4.69, 9.17) is 14.9 Å². The van der Waals surface area contributed by atoms with Crippen LogP contribution in [-0.4, -0.2) is 13.2 Å². The molecule has 0 aliphatic heterocycles. The van der Waals surface area contributed by atoms with Crippen molar-refractivity contribution >= 4 is 0 Å². The Balaban J connectivity index is 2.14. The quantitative estimate of drug-likeness (QED) is 0.736. The van der Waals surface area contributed by atoms with Crippen molar-refractivity contribution in [3.05, 3.63) is 23.7 Å². The van der Waals surface area contributed by atoms with Crippen LogP contribution in [0.4, 0.5) is 0 Å². The third kappa shape index (κ3) is 1.26. The van der Waals surface area contributed by atoms with Crippen molar-refractivity contribution in [2.75, 3.05) is 7.11 Å². The van der Waals surface area contributed by atoms with Gasteiger partial charge in [0.2, 0.25) is 0 Å². The van der Waals surface area contributed by atoms with Gasteiger partial charge in [0, 0.05) is 24.6 Å². The zero-order chi connectivity index (χ0) is 8.55. The van der Waals surface area contributed by atoms with E-state index in [2.05, 4.69) is 0 Å². The first-order valence-electron chi connectivity index (χ1n) is 4.13. The second-order valence-corrected chi connectivity index (χ2v) is 3.25. The first-order valence-corrected chi connectivity index (χ1v) is 4.13. The molecule has 1 aromatic rings. The molecule has 1 heterocycles. The number of hydrogen-bond acceptors (Lipinski definition) is 3.